The van der Waals surface area contributed by atoms with Crippen molar-refractivity contribution in [2.45, 2.75) is 65.7 Å². The Balaban J connectivity index is 3.66. The van der Waals surface area contributed by atoms with Crippen molar-refractivity contribution in [1.29, 1.82) is 0 Å². The summed E-state index contributed by atoms with van der Waals surface area (Å²) in [7, 11) is 0. The highest BCUT2D eigenvalue weighted by Gasteiger charge is 2.13. The molecule has 0 radical (unpaired) electrons. The first-order valence-electron chi connectivity index (χ1n) is 6.37. The molecule has 0 fully saturated rings. The highest BCUT2D eigenvalue weighted by molar-refractivity contribution is 4.70. The summed E-state index contributed by atoms with van der Waals surface area (Å²) < 4.78 is 0. The van der Waals surface area contributed by atoms with Crippen LogP contribution in [0, 0.1) is 11.8 Å². The van der Waals surface area contributed by atoms with Gasteiger partial charge >= 0.3 is 0 Å². The van der Waals surface area contributed by atoms with Crippen LogP contribution in [-0.4, -0.2) is 0 Å². The molecule has 2 unspecified atom stereocenters. The zero-order valence-electron chi connectivity index (χ0n) is 10.4. The van der Waals surface area contributed by atoms with E-state index in [1.54, 1.807) is 0 Å². The Bertz CT molecular complexity index is 126. The van der Waals surface area contributed by atoms with Crippen LogP contribution in [0.5, 0.6) is 0 Å². The molecule has 0 heteroatoms. The lowest BCUT2D eigenvalue weighted by molar-refractivity contribution is 0.297. The zero-order valence-corrected chi connectivity index (χ0v) is 10.4. The van der Waals surface area contributed by atoms with E-state index < -0.39 is 0 Å². The first-order valence-corrected chi connectivity index (χ1v) is 6.37. The Morgan fingerprint density at radius 1 is 1.14 bits per heavy atom. The van der Waals surface area contributed by atoms with Crippen molar-refractivity contribution in [2.24, 2.45) is 11.8 Å². The molecule has 0 amide bonds. The van der Waals surface area contributed by atoms with Gasteiger partial charge in [-0.05, 0) is 24.7 Å². The predicted molar refractivity (Wildman–Crippen MR) is 66.5 cm³/mol. The molecular formula is C14H28. The Hall–Kier alpha value is -0.260. The standard InChI is InChI=1S/C14H28/c1-5-8-10-11-13(4)14(7-3)12-9-6-2/h5,13-14H,1,6-12H2,2-4H3. The number of allylic oxidation sites excluding steroid dienone is 1. The van der Waals surface area contributed by atoms with E-state index in [9.17, 15) is 0 Å². The second kappa shape index (κ2) is 9.30. The van der Waals surface area contributed by atoms with Crippen molar-refractivity contribution >= 4 is 0 Å². The lowest BCUT2D eigenvalue weighted by atomic mass is 9.84. The summed E-state index contributed by atoms with van der Waals surface area (Å²) in [6.45, 7) is 10.8. The Kier molecular flexibility index (Phi) is 9.13. The number of unbranched alkanes of at least 4 members (excludes halogenated alkanes) is 2. The van der Waals surface area contributed by atoms with Crippen LogP contribution >= 0.6 is 0 Å². The van der Waals surface area contributed by atoms with Crippen molar-refractivity contribution in [1.82, 2.24) is 0 Å². The molecule has 14 heavy (non-hydrogen) atoms. The van der Waals surface area contributed by atoms with Gasteiger partial charge in [0.1, 0.15) is 0 Å². The maximum atomic E-state index is 3.77. The molecule has 0 aromatic carbocycles. The fourth-order valence-corrected chi connectivity index (χ4v) is 2.18. The highest BCUT2D eigenvalue weighted by Crippen LogP contribution is 2.26. The Morgan fingerprint density at radius 2 is 1.86 bits per heavy atom. The second-order valence-corrected chi connectivity index (χ2v) is 4.51. The van der Waals surface area contributed by atoms with Crippen LogP contribution in [0.15, 0.2) is 12.7 Å². The van der Waals surface area contributed by atoms with Crippen LogP contribution in [0.2, 0.25) is 0 Å². The van der Waals surface area contributed by atoms with Crippen LogP contribution in [0.3, 0.4) is 0 Å². The van der Waals surface area contributed by atoms with E-state index >= 15 is 0 Å². The average Bonchev–Trinajstić information content (AvgIpc) is 2.19. The fourth-order valence-electron chi connectivity index (χ4n) is 2.18. The normalized spacial score (nSPS) is 15.1. The fraction of sp³-hybridized carbons (Fsp3) is 0.857. The Morgan fingerprint density at radius 3 is 2.36 bits per heavy atom. The molecule has 0 aromatic heterocycles. The molecule has 0 saturated heterocycles. The van der Waals surface area contributed by atoms with Gasteiger partial charge in [-0.3, -0.25) is 0 Å². The molecule has 2 atom stereocenters. The van der Waals surface area contributed by atoms with Gasteiger partial charge in [0.05, 0.1) is 0 Å². The summed E-state index contributed by atoms with van der Waals surface area (Å²) in [6, 6.07) is 0. The van der Waals surface area contributed by atoms with Crippen LogP contribution in [-0.2, 0) is 0 Å². The molecular weight excluding hydrogens is 168 g/mol. The van der Waals surface area contributed by atoms with Gasteiger partial charge in [0, 0.05) is 0 Å². The summed E-state index contributed by atoms with van der Waals surface area (Å²) in [5.41, 5.74) is 0. The molecule has 0 N–H and O–H groups in total. The third kappa shape index (κ3) is 6.23. The van der Waals surface area contributed by atoms with E-state index in [0.29, 0.717) is 0 Å². The number of hydrogen-bond donors (Lipinski definition) is 0. The molecule has 0 spiro atoms. The van der Waals surface area contributed by atoms with Gasteiger partial charge in [0.2, 0.25) is 0 Å². The molecule has 0 bridgehead atoms. The van der Waals surface area contributed by atoms with Crippen LogP contribution < -0.4 is 0 Å². The van der Waals surface area contributed by atoms with Crippen LogP contribution in [0.1, 0.15) is 65.7 Å². The second-order valence-electron chi connectivity index (χ2n) is 4.51. The molecule has 0 aromatic rings. The quantitative estimate of drug-likeness (QED) is 0.351. The van der Waals surface area contributed by atoms with E-state index in [-0.39, 0.29) is 0 Å². The van der Waals surface area contributed by atoms with Crippen molar-refractivity contribution in [3.63, 3.8) is 0 Å². The summed E-state index contributed by atoms with van der Waals surface area (Å²) in [6.07, 6.45) is 11.5. The summed E-state index contributed by atoms with van der Waals surface area (Å²) in [5.74, 6) is 1.87. The van der Waals surface area contributed by atoms with E-state index in [0.717, 1.165) is 11.8 Å². The van der Waals surface area contributed by atoms with Crippen LogP contribution in [0.4, 0.5) is 0 Å². The lowest BCUT2D eigenvalue weighted by Gasteiger charge is -2.22. The molecule has 0 saturated carbocycles. The van der Waals surface area contributed by atoms with Gasteiger partial charge in [-0.1, -0.05) is 59.0 Å². The predicted octanol–water partition coefficient (Wildman–Crippen LogP) is 5.20. The SMILES string of the molecule is C=CCCCC(C)C(CC)CCCC. The van der Waals surface area contributed by atoms with Crippen molar-refractivity contribution in [2.75, 3.05) is 0 Å². The van der Waals surface area contributed by atoms with E-state index in [2.05, 4.69) is 27.4 Å². The third-order valence-electron chi connectivity index (χ3n) is 3.33. The molecule has 0 nitrogen and oxygen atoms in total. The maximum Gasteiger partial charge on any atom is -0.0353 e. The monoisotopic (exact) mass is 196 g/mol. The minimum absolute atomic E-state index is 0.909. The number of hydrogen-bond acceptors (Lipinski definition) is 0. The first kappa shape index (κ1) is 13.7. The number of rotatable bonds is 9. The topological polar surface area (TPSA) is 0 Å². The van der Waals surface area contributed by atoms with Gasteiger partial charge in [-0.25, -0.2) is 0 Å². The van der Waals surface area contributed by atoms with Gasteiger partial charge < -0.3 is 0 Å². The minimum Gasteiger partial charge on any atom is -0.103 e. The van der Waals surface area contributed by atoms with Gasteiger partial charge in [0.15, 0.2) is 0 Å². The summed E-state index contributed by atoms with van der Waals surface area (Å²) >= 11 is 0. The largest absolute Gasteiger partial charge is 0.103 e. The molecule has 0 aliphatic rings. The third-order valence-corrected chi connectivity index (χ3v) is 3.33. The van der Waals surface area contributed by atoms with Gasteiger partial charge in [-0.15, -0.1) is 6.58 Å². The molecule has 0 rings (SSSR count). The minimum atomic E-state index is 0.909. The van der Waals surface area contributed by atoms with Crippen molar-refractivity contribution in [3.8, 4) is 0 Å². The van der Waals surface area contributed by atoms with E-state index in [4.69, 9.17) is 0 Å². The zero-order chi connectivity index (χ0) is 10.8. The van der Waals surface area contributed by atoms with Gasteiger partial charge in [0.25, 0.3) is 0 Å². The summed E-state index contributed by atoms with van der Waals surface area (Å²) in [4.78, 5) is 0. The van der Waals surface area contributed by atoms with E-state index in [1.807, 2.05) is 6.08 Å². The Labute approximate surface area is 90.8 Å². The van der Waals surface area contributed by atoms with E-state index in [1.165, 1.54) is 44.9 Å². The maximum absolute atomic E-state index is 3.77. The van der Waals surface area contributed by atoms with Gasteiger partial charge in [-0.2, -0.15) is 0 Å². The van der Waals surface area contributed by atoms with Crippen LogP contribution in [0.25, 0.3) is 0 Å². The highest BCUT2D eigenvalue weighted by atomic mass is 14.2. The molecule has 84 valence electrons. The lowest BCUT2D eigenvalue weighted by Crippen LogP contribution is -2.10. The first-order chi connectivity index (χ1) is 6.76. The molecule has 0 aliphatic heterocycles. The summed E-state index contributed by atoms with van der Waals surface area (Å²) in [5, 5.41) is 0. The molecule has 0 aliphatic carbocycles. The smallest absolute Gasteiger partial charge is 0.0353 e. The average molecular weight is 196 g/mol. The molecule has 0 heterocycles. The van der Waals surface area contributed by atoms with Crippen molar-refractivity contribution < 1.29 is 0 Å². The van der Waals surface area contributed by atoms with Crippen molar-refractivity contribution in [3.05, 3.63) is 12.7 Å².